The van der Waals surface area contributed by atoms with Gasteiger partial charge in [-0.25, -0.2) is 0 Å². The van der Waals surface area contributed by atoms with Gasteiger partial charge in [0.15, 0.2) is 11.9 Å². The highest BCUT2D eigenvalue weighted by Gasteiger charge is 2.70. The Labute approximate surface area is 284 Å². The largest absolute Gasteiger partial charge is 0.452 e. The quantitative estimate of drug-likeness (QED) is 0.314. The van der Waals surface area contributed by atoms with Crippen LogP contribution >= 0.6 is 0 Å². The summed E-state index contributed by atoms with van der Waals surface area (Å²) in [5.74, 6) is 1.80. The molecule has 4 saturated carbocycles. The number of ether oxygens (including phenoxy) is 1. The van der Waals surface area contributed by atoms with Crippen LogP contribution in [0.1, 0.15) is 130 Å². The molecule has 9 atom stereocenters. The van der Waals surface area contributed by atoms with E-state index in [9.17, 15) is 9.59 Å². The maximum atomic E-state index is 14.7. The number of fused-ring (bicyclic) bond motifs is 7. The van der Waals surface area contributed by atoms with Gasteiger partial charge in [0.05, 0.1) is 5.41 Å². The minimum absolute atomic E-state index is 0.0284. The van der Waals surface area contributed by atoms with Crippen molar-refractivity contribution in [2.45, 2.75) is 119 Å². The van der Waals surface area contributed by atoms with Gasteiger partial charge in [-0.1, -0.05) is 115 Å². The van der Waals surface area contributed by atoms with Crippen molar-refractivity contribution in [3.63, 3.8) is 0 Å². The Bertz CT molecular complexity index is 1530. The minimum Gasteiger partial charge on any atom is -0.452 e. The zero-order chi connectivity index (χ0) is 33.6. The number of allylic oxidation sites excluding steroid dienone is 2. The van der Waals surface area contributed by atoms with Gasteiger partial charge in [-0.05, 0) is 127 Å². The number of hydrogen-bond donors (Lipinski definition) is 0. The third-order valence-corrected chi connectivity index (χ3v) is 16.0. The highest BCUT2D eigenvalue weighted by atomic mass is 16.5. The van der Waals surface area contributed by atoms with Gasteiger partial charge >= 0.3 is 5.97 Å². The highest BCUT2D eigenvalue weighted by Crippen LogP contribution is 2.75. The highest BCUT2D eigenvalue weighted by molar-refractivity contribution is 5.95. The molecule has 0 N–H and O–H groups in total. The summed E-state index contributed by atoms with van der Waals surface area (Å²) >= 11 is 0. The van der Waals surface area contributed by atoms with E-state index in [0.717, 1.165) is 56.1 Å². The number of ketones is 1. The molecular formula is C44H58O3. The van der Waals surface area contributed by atoms with Crippen LogP contribution in [0.5, 0.6) is 0 Å². The summed E-state index contributed by atoms with van der Waals surface area (Å²) in [6.45, 7) is 19.5. The van der Waals surface area contributed by atoms with Crippen LogP contribution in [0.15, 0.2) is 72.3 Å². The second-order valence-corrected chi connectivity index (χ2v) is 18.6. The van der Waals surface area contributed by atoms with Crippen molar-refractivity contribution in [2.24, 2.45) is 56.2 Å². The van der Waals surface area contributed by atoms with Crippen LogP contribution in [0.25, 0.3) is 0 Å². The third kappa shape index (κ3) is 4.71. The van der Waals surface area contributed by atoms with Crippen LogP contribution in [0.2, 0.25) is 0 Å². The smallest absolute Gasteiger partial charge is 0.312 e. The molecule has 5 aliphatic carbocycles. The van der Waals surface area contributed by atoms with Crippen LogP contribution < -0.4 is 0 Å². The second-order valence-electron chi connectivity index (χ2n) is 18.6. The summed E-state index contributed by atoms with van der Waals surface area (Å²) < 4.78 is 6.54. The first-order valence-electron chi connectivity index (χ1n) is 18.7. The number of carbonyl (C=O) groups is 2. The van der Waals surface area contributed by atoms with Crippen LogP contribution in [0, 0.1) is 56.2 Å². The van der Waals surface area contributed by atoms with Gasteiger partial charge in [-0.3, -0.25) is 9.59 Å². The van der Waals surface area contributed by atoms with Gasteiger partial charge in [0.1, 0.15) is 0 Å². The van der Waals surface area contributed by atoms with Gasteiger partial charge < -0.3 is 4.74 Å². The van der Waals surface area contributed by atoms with E-state index >= 15 is 0 Å². The number of hydrogen-bond acceptors (Lipinski definition) is 3. The second kappa shape index (κ2) is 10.9. The Kier molecular flexibility index (Phi) is 7.63. The molecule has 7 rings (SSSR count). The van der Waals surface area contributed by atoms with E-state index in [1.165, 1.54) is 18.4 Å². The predicted octanol–water partition coefficient (Wildman–Crippen LogP) is 10.9. The summed E-state index contributed by atoms with van der Waals surface area (Å²) in [6.07, 6.45) is 11.3. The van der Waals surface area contributed by atoms with E-state index in [-0.39, 0.29) is 44.9 Å². The molecule has 0 unspecified atom stereocenters. The van der Waals surface area contributed by atoms with Gasteiger partial charge in [0.2, 0.25) is 0 Å². The van der Waals surface area contributed by atoms with Crippen molar-refractivity contribution < 1.29 is 14.3 Å². The molecule has 3 nitrogen and oxygen atoms in total. The molecule has 4 fully saturated rings. The summed E-state index contributed by atoms with van der Waals surface area (Å²) in [7, 11) is 0. The van der Waals surface area contributed by atoms with E-state index < -0.39 is 11.5 Å². The van der Waals surface area contributed by atoms with Crippen molar-refractivity contribution in [2.75, 3.05) is 0 Å². The van der Waals surface area contributed by atoms with Crippen LogP contribution in [0.3, 0.4) is 0 Å². The van der Waals surface area contributed by atoms with Crippen molar-refractivity contribution in [3.05, 3.63) is 83.4 Å². The molecule has 0 aliphatic heterocycles. The van der Waals surface area contributed by atoms with Gasteiger partial charge in [0, 0.05) is 5.92 Å². The van der Waals surface area contributed by atoms with Gasteiger partial charge in [0.25, 0.3) is 0 Å². The normalized spacial score (nSPS) is 42.3. The van der Waals surface area contributed by atoms with Gasteiger partial charge in [-0.2, -0.15) is 0 Å². The number of carbonyl (C=O) groups excluding carboxylic acids is 2. The molecule has 0 saturated heterocycles. The van der Waals surface area contributed by atoms with Crippen molar-refractivity contribution in [1.82, 2.24) is 0 Å². The molecule has 0 radical (unpaired) electrons. The molecule has 0 aromatic heterocycles. The molecule has 0 bridgehead atoms. The number of esters is 1. The Hall–Kier alpha value is -2.68. The van der Waals surface area contributed by atoms with Crippen molar-refractivity contribution >= 4 is 11.8 Å². The summed E-state index contributed by atoms with van der Waals surface area (Å²) in [6, 6.07) is 20.3. The summed E-state index contributed by atoms with van der Waals surface area (Å²) in [5.41, 5.74) is 2.98. The predicted molar refractivity (Wildman–Crippen MR) is 189 cm³/mol. The first-order chi connectivity index (χ1) is 22.1. The van der Waals surface area contributed by atoms with E-state index in [0.29, 0.717) is 17.6 Å². The summed E-state index contributed by atoms with van der Waals surface area (Å²) in [5, 5.41) is 0. The third-order valence-electron chi connectivity index (χ3n) is 16.0. The van der Waals surface area contributed by atoms with E-state index in [4.69, 9.17) is 4.74 Å². The fourth-order valence-electron chi connectivity index (χ4n) is 12.4. The first-order valence-corrected chi connectivity index (χ1v) is 18.7. The maximum Gasteiger partial charge on any atom is 0.312 e. The molecular weight excluding hydrogens is 576 g/mol. The zero-order valence-electron chi connectivity index (χ0n) is 30.3. The minimum atomic E-state index is -0.612. The molecule has 2 aromatic rings. The lowest BCUT2D eigenvalue weighted by atomic mass is 9.33. The molecule has 2 aromatic carbocycles. The molecule has 0 spiro atoms. The Morgan fingerprint density at radius 2 is 1.36 bits per heavy atom. The lowest BCUT2D eigenvalue weighted by Gasteiger charge is -2.70. The molecule has 0 amide bonds. The monoisotopic (exact) mass is 634 g/mol. The molecule has 0 heterocycles. The molecule has 47 heavy (non-hydrogen) atoms. The van der Waals surface area contributed by atoms with Crippen LogP contribution in [-0.4, -0.2) is 11.8 Å². The van der Waals surface area contributed by atoms with E-state index in [1.54, 1.807) is 0 Å². The topological polar surface area (TPSA) is 43.4 Å². The first kappa shape index (κ1) is 32.8. The fraction of sp³-hybridized carbons (Fsp3) is 0.636. The molecule has 3 heteroatoms. The Morgan fingerprint density at radius 1 is 0.766 bits per heavy atom. The molecule has 252 valence electrons. The lowest BCUT2D eigenvalue weighted by molar-refractivity contribution is -0.193. The van der Waals surface area contributed by atoms with E-state index in [1.807, 2.05) is 36.4 Å². The SMILES string of the molecule is C[C@H]1CC[C@]2(C)[C@H]3C(=O)C=C4[C@@H]5C[C@@](C)(C(=O)OC(c6ccccc6)c6ccccc6)CC[C@]5(C)CC[C@@]4(C)[C@]3(C)CC[C@H]2C1(C)C. The zero-order valence-corrected chi connectivity index (χ0v) is 30.3. The fourth-order valence-corrected chi connectivity index (χ4v) is 12.4. The average Bonchev–Trinajstić information content (AvgIpc) is 3.04. The lowest BCUT2D eigenvalue weighted by Crippen LogP contribution is -2.66. The maximum absolute atomic E-state index is 14.7. The standard InChI is InChI=1S/C44H58O3/c1-29-19-21-42(6)35(39(29,2)3)20-22-44(8)37(42)34(45)27-32-33-28-41(5,24-23-40(33,4)25-26-43(32,44)7)38(46)47-36(30-15-11-9-12-16-30)31-17-13-10-14-18-31/h9-18,27,29,33,35-37H,19-26,28H2,1-8H3/t29-,33-,35-,37+,40+,41-,42-,43+,44+/m0/s1. The van der Waals surface area contributed by atoms with Crippen LogP contribution in [-0.2, 0) is 14.3 Å². The average molecular weight is 635 g/mol. The van der Waals surface area contributed by atoms with Crippen LogP contribution in [0.4, 0.5) is 0 Å². The Balaban J connectivity index is 1.23. The molecule has 5 aliphatic rings. The van der Waals surface area contributed by atoms with Crippen molar-refractivity contribution in [3.8, 4) is 0 Å². The van der Waals surface area contributed by atoms with Gasteiger partial charge in [-0.15, -0.1) is 0 Å². The Morgan fingerprint density at radius 3 is 1.98 bits per heavy atom. The van der Waals surface area contributed by atoms with E-state index in [2.05, 4.69) is 85.7 Å². The van der Waals surface area contributed by atoms with Crippen molar-refractivity contribution in [1.29, 1.82) is 0 Å². The number of benzene rings is 2. The number of rotatable bonds is 4. The summed E-state index contributed by atoms with van der Waals surface area (Å²) in [4.78, 5) is 29.2.